The van der Waals surface area contributed by atoms with E-state index in [0.717, 1.165) is 29.5 Å². The Bertz CT molecular complexity index is 750. The van der Waals surface area contributed by atoms with Crippen LogP contribution in [0.15, 0.2) is 36.5 Å². The van der Waals surface area contributed by atoms with E-state index in [1.54, 1.807) is 26.3 Å². The minimum atomic E-state index is -1.32. The van der Waals surface area contributed by atoms with Crippen LogP contribution in [0.3, 0.4) is 0 Å². The lowest BCUT2D eigenvalue weighted by Crippen LogP contribution is -2.42. The van der Waals surface area contributed by atoms with Crippen molar-refractivity contribution < 1.29 is 14.6 Å². The highest BCUT2D eigenvalue weighted by molar-refractivity contribution is 5.98. The number of carbonyl (C=O) groups excluding carboxylic acids is 1. The fraction of sp³-hybridized carbons (Fsp3) is 0.368. The van der Waals surface area contributed by atoms with Crippen molar-refractivity contribution in [3.05, 3.63) is 42.1 Å². The number of hydrogen-bond donors (Lipinski definition) is 2. The smallest absolute Gasteiger partial charge is 0.256 e. The van der Waals surface area contributed by atoms with Gasteiger partial charge in [0.05, 0.1) is 7.11 Å². The molecule has 2 aromatic rings. The molecule has 1 fully saturated rings. The zero-order valence-corrected chi connectivity index (χ0v) is 14.2. The summed E-state index contributed by atoms with van der Waals surface area (Å²) in [6, 6.07) is 9.54. The molecule has 126 valence electrons. The third-order valence-corrected chi connectivity index (χ3v) is 4.60. The van der Waals surface area contributed by atoms with Gasteiger partial charge in [-0.2, -0.15) is 0 Å². The molecule has 1 unspecified atom stereocenters. The first-order valence-corrected chi connectivity index (χ1v) is 8.06. The highest BCUT2D eigenvalue weighted by Gasteiger charge is 2.45. The van der Waals surface area contributed by atoms with Gasteiger partial charge in [0.25, 0.3) is 5.91 Å². The quantitative estimate of drug-likeness (QED) is 0.885. The van der Waals surface area contributed by atoms with Crippen molar-refractivity contribution in [2.45, 2.75) is 32.3 Å². The van der Waals surface area contributed by atoms with Gasteiger partial charge in [-0.25, -0.2) is 4.98 Å². The summed E-state index contributed by atoms with van der Waals surface area (Å²) < 4.78 is 5.07. The summed E-state index contributed by atoms with van der Waals surface area (Å²) in [5.74, 6) is 0.268. The molecule has 1 aromatic heterocycles. The van der Waals surface area contributed by atoms with Crippen LogP contribution in [0.5, 0.6) is 5.88 Å². The molecule has 0 saturated heterocycles. The number of nitrogens with zero attached hydrogens (tertiary/aromatic N) is 1. The zero-order valence-electron chi connectivity index (χ0n) is 14.2. The van der Waals surface area contributed by atoms with Crippen molar-refractivity contribution >= 4 is 11.6 Å². The van der Waals surface area contributed by atoms with Gasteiger partial charge in [0.15, 0.2) is 0 Å². The van der Waals surface area contributed by atoms with Crippen LogP contribution in [0.25, 0.3) is 11.1 Å². The molecule has 2 N–H and O–H groups in total. The van der Waals surface area contributed by atoms with E-state index in [1.807, 2.05) is 31.2 Å². The Labute approximate surface area is 141 Å². The molecule has 5 heteroatoms. The molecule has 24 heavy (non-hydrogen) atoms. The van der Waals surface area contributed by atoms with Gasteiger partial charge in [-0.3, -0.25) is 4.79 Å². The van der Waals surface area contributed by atoms with E-state index in [0.29, 0.717) is 11.6 Å². The normalized spacial score (nSPS) is 16.3. The molecule has 0 spiro atoms. The van der Waals surface area contributed by atoms with E-state index in [1.165, 1.54) is 0 Å². The van der Waals surface area contributed by atoms with Crippen molar-refractivity contribution in [3.63, 3.8) is 0 Å². The lowest BCUT2D eigenvalue weighted by Gasteiger charge is -2.22. The molecule has 1 atom stereocenters. The maximum Gasteiger partial charge on any atom is 0.256 e. The summed E-state index contributed by atoms with van der Waals surface area (Å²) in [5, 5.41) is 13.3. The Hall–Kier alpha value is -2.40. The summed E-state index contributed by atoms with van der Waals surface area (Å²) in [6.45, 7) is 3.52. The number of amides is 1. The number of methoxy groups -OCH3 is 1. The lowest BCUT2D eigenvalue weighted by molar-refractivity contribution is -0.134. The van der Waals surface area contributed by atoms with Gasteiger partial charge in [-0.15, -0.1) is 0 Å². The zero-order chi connectivity index (χ0) is 17.3. The largest absolute Gasteiger partial charge is 0.481 e. The van der Waals surface area contributed by atoms with Crippen molar-refractivity contribution in [1.82, 2.24) is 4.98 Å². The standard InChI is InChI=1S/C19H22N2O3/c1-12-4-5-13(14-6-9-17(24-3)20-11-14)10-16(12)21-18(22)19(2,23)15-7-8-15/h4-6,9-11,15,23H,7-8H2,1-3H3,(H,21,22). The Morgan fingerprint density at radius 3 is 2.58 bits per heavy atom. The minimum Gasteiger partial charge on any atom is -0.481 e. The number of pyridine rings is 1. The van der Waals surface area contributed by atoms with Crippen LogP contribution < -0.4 is 10.1 Å². The third-order valence-electron chi connectivity index (χ3n) is 4.60. The molecule has 1 amide bonds. The number of aromatic nitrogens is 1. The van der Waals surface area contributed by atoms with Crippen LogP contribution in [0.1, 0.15) is 25.3 Å². The number of nitrogens with one attached hydrogen (secondary N) is 1. The average molecular weight is 326 g/mol. The number of hydrogen-bond acceptors (Lipinski definition) is 4. The molecule has 1 saturated carbocycles. The van der Waals surface area contributed by atoms with E-state index >= 15 is 0 Å². The van der Waals surface area contributed by atoms with Gasteiger partial charge < -0.3 is 15.2 Å². The molecular formula is C19H22N2O3. The lowest BCUT2D eigenvalue weighted by atomic mass is 9.98. The van der Waals surface area contributed by atoms with E-state index in [-0.39, 0.29) is 11.8 Å². The van der Waals surface area contributed by atoms with Gasteiger partial charge in [-0.1, -0.05) is 12.1 Å². The second-order valence-electron chi connectivity index (χ2n) is 6.49. The van der Waals surface area contributed by atoms with Crippen molar-refractivity contribution in [2.75, 3.05) is 12.4 Å². The highest BCUT2D eigenvalue weighted by Crippen LogP contribution is 2.40. The molecule has 0 aliphatic heterocycles. The number of carbonyl (C=O) groups is 1. The molecule has 0 radical (unpaired) electrons. The highest BCUT2D eigenvalue weighted by atomic mass is 16.5. The van der Waals surface area contributed by atoms with Crippen molar-refractivity contribution in [1.29, 1.82) is 0 Å². The molecule has 1 heterocycles. The molecule has 5 nitrogen and oxygen atoms in total. The van der Waals surface area contributed by atoms with Gasteiger partial charge in [0.1, 0.15) is 5.60 Å². The van der Waals surface area contributed by atoms with E-state index in [9.17, 15) is 9.90 Å². The van der Waals surface area contributed by atoms with Gasteiger partial charge in [-0.05, 0) is 55.9 Å². The van der Waals surface area contributed by atoms with Crippen LogP contribution in [0, 0.1) is 12.8 Å². The molecular weight excluding hydrogens is 304 g/mol. The first-order chi connectivity index (χ1) is 11.4. The van der Waals surface area contributed by atoms with E-state index < -0.39 is 5.60 Å². The van der Waals surface area contributed by atoms with Crippen LogP contribution >= 0.6 is 0 Å². The number of aryl methyl sites for hydroxylation is 1. The molecule has 1 aromatic carbocycles. The van der Waals surface area contributed by atoms with E-state index in [4.69, 9.17) is 4.74 Å². The maximum absolute atomic E-state index is 12.4. The second-order valence-corrected chi connectivity index (χ2v) is 6.49. The Balaban J connectivity index is 1.84. The third kappa shape index (κ3) is 3.26. The first kappa shape index (κ1) is 16.5. The number of aliphatic hydroxyl groups is 1. The summed E-state index contributed by atoms with van der Waals surface area (Å²) >= 11 is 0. The Kier molecular flexibility index (Phi) is 4.28. The second kappa shape index (κ2) is 6.24. The fourth-order valence-electron chi connectivity index (χ4n) is 2.69. The molecule has 1 aliphatic rings. The topological polar surface area (TPSA) is 71.5 Å². The van der Waals surface area contributed by atoms with Gasteiger partial charge in [0.2, 0.25) is 5.88 Å². The SMILES string of the molecule is COc1ccc(-c2ccc(C)c(NC(=O)C(C)(O)C3CC3)c2)cn1. The minimum absolute atomic E-state index is 0.0618. The fourth-order valence-corrected chi connectivity index (χ4v) is 2.69. The van der Waals surface area contributed by atoms with Crippen LogP contribution in [0.4, 0.5) is 5.69 Å². The molecule has 0 bridgehead atoms. The maximum atomic E-state index is 12.4. The summed E-state index contributed by atoms with van der Waals surface area (Å²) in [6.07, 6.45) is 3.53. The van der Waals surface area contributed by atoms with Crippen LogP contribution in [0.2, 0.25) is 0 Å². The number of anilines is 1. The van der Waals surface area contributed by atoms with Crippen molar-refractivity contribution in [3.8, 4) is 17.0 Å². The average Bonchev–Trinajstić information content (AvgIpc) is 3.42. The van der Waals surface area contributed by atoms with Crippen LogP contribution in [-0.2, 0) is 4.79 Å². The van der Waals surface area contributed by atoms with Crippen molar-refractivity contribution in [2.24, 2.45) is 5.92 Å². The summed E-state index contributed by atoms with van der Waals surface area (Å²) in [5.41, 5.74) is 2.20. The molecule has 3 rings (SSSR count). The predicted octanol–water partition coefficient (Wildman–Crippen LogP) is 3.17. The summed E-state index contributed by atoms with van der Waals surface area (Å²) in [7, 11) is 1.58. The van der Waals surface area contributed by atoms with Crippen LogP contribution in [-0.4, -0.2) is 28.7 Å². The predicted molar refractivity (Wildman–Crippen MR) is 92.9 cm³/mol. The number of benzene rings is 1. The monoisotopic (exact) mass is 326 g/mol. The number of ether oxygens (including phenoxy) is 1. The van der Waals surface area contributed by atoms with Gasteiger partial charge >= 0.3 is 0 Å². The Morgan fingerprint density at radius 1 is 1.29 bits per heavy atom. The first-order valence-electron chi connectivity index (χ1n) is 8.06. The Morgan fingerprint density at radius 2 is 2.00 bits per heavy atom. The molecule has 1 aliphatic carbocycles. The van der Waals surface area contributed by atoms with Gasteiger partial charge in [0, 0.05) is 23.5 Å². The van der Waals surface area contributed by atoms with E-state index in [2.05, 4.69) is 10.3 Å². The number of rotatable bonds is 5. The summed E-state index contributed by atoms with van der Waals surface area (Å²) in [4.78, 5) is 16.6.